The SMILES string of the molecule is C[C@H]1CC[C@H](c2ccccc2)S(=O)(=O)N1Cc1ccc([C@]2(CO)CC[C@@H](n3cnnc3)CC2)cc1F. The quantitative estimate of drug-likeness (QED) is 0.525. The van der Waals surface area contributed by atoms with Crippen molar-refractivity contribution in [2.45, 2.75) is 74.7 Å². The van der Waals surface area contributed by atoms with Gasteiger partial charge in [-0.3, -0.25) is 0 Å². The number of halogens is 1. The number of hydrogen-bond donors (Lipinski definition) is 1. The minimum Gasteiger partial charge on any atom is -0.395 e. The van der Waals surface area contributed by atoms with Crippen LogP contribution in [0.25, 0.3) is 0 Å². The van der Waals surface area contributed by atoms with Gasteiger partial charge in [0.15, 0.2) is 0 Å². The summed E-state index contributed by atoms with van der Waals surface area (Å²) in [5.41, 5.74) is 1.39. The van der Waals surface area contributed by atoms with Crippen molar-refractivity contribution >= 4 is 10.0 Å². The maximum atomic E-state index is 15.4. The topological polar surface area (TPSA) is 88.3 Å². The highest BCUT2D eigenvalue weighted by atomic mass is 32.2. The predicted octanol–water partition coefficient (Wildman–Crippen LogP) is 4.52. The number of aliphatic hydroxyl groups excluding tert-OH is 1. The van der Waals surface area contributed by atoms with Gasteiger partial charge in [0, 0.05) is 29.6 Å². The third kappa shape index (κ3) is 4.60. The first-order valence-electron chi connectivity index (χ1n) is 12.6. The number of aliphatic hydroxyl groups is 1. The Morgan fingerprint density at radius 3 is 2.36 bits per heavy atom. The molecular formula is C27H33FN4O3S. The summed E-state index contributed by atoms with van der Waals surface area (Å²) in [6, 6.07) is 14.4. The van der Waals surface area contributed by atoms with Crippen LogP contribution >= 0.6 is 0 Å². The lowest BCUT2D eigenvalue weighted by atomic mass is 9.68. The van der Waals surface area contributed by atoms with E-state index in [-0.39, 0.29) is 25.2 Å². The number of sulfonamides is 1. The molecule has 0 radical (unpaired) electrons. The molecule has 2 atom stereocenters. The van der Waals surface area contributed by atoms with Gasteiger partial charge in [-0.2, -0.15) is 4.31 Å². The molecule has 36 heavy (non-hydrogen) atoms. The zero-order valence-electron chi connectivity index (χ0n) is 20.5. The number of rotatable bonds is 6. The van der Waals surface area contributed by atoms with Crippen LogP contribution in [-0.4, -0.2) is 45.2 Å². The van der Waals surface area contributed by atoms with E-state index in [0.29, 0.717) is 12.0 Å². The smallest absolute Gasteiger partial charge is 0.221 e. The lowest BCUT2D eigenvalue weighted by molar-refractivity contribution is 0.132. The van der Waals surface area contributed by atoms with Crippen LogP contribution in [0.3, 0.4) is 0 Å². The number of benzene rings is 2. The van der Waals surface area contributed by atoms with Gasteiger partial charge >= 0.3 is 0 Å². The molecule has 192 valence electrons. The van der Waals surface area contributed by atoms with Crippen LogP contribution in [-0.2, 0) is 22.0 Å². The second-order valence-corrected chi connectivity index (χ2v) is 12.4. The van der Waals surface area contributed by atoms with E-state index in [9.17, 15) is 13.5 Å². The molecule has 0 unspecified atom stereocenters. The highest BCUT2D eigenvalue weighted by Gasteiger charge is 2.41. The molecule has 3 aromatic rings. The Labute approximate surface area is 212 Å². The number of nitrogens with zero attached hydrogens (tertiary/aromatic N) is 4. The molecule has 2 aromatic carbocycles. The molecule has 1 aromatic heterocycles. The zero-order valence-corrected chi connectivity index (χ0v) is 21.3. The Kier molecular flexibility index (Phi) is 6.98. The highest BCUT2D eigenvalue weighted by molar-refractivity contribution is 7.89. The maximum absolute atomic E-state index is 15.4. The lowest BCUT2D eigenvalue weighted by Gasteiger charge is -2.40. The second kappa shape index (κ2) is 10.0. The molecule has 0 bridgehead atoms. The highest BCUT2D eigenvalue weighted by Crippen LogP contribution is 2.44. The number of aromatic nitrogens is 3. The zero-order chi connectivity index (χ0) is 25.3. The van der Waals surface area contributed by atoms with Crippen molar-refractivity contribution in [2.75, 3.05) is 6.61 Å². The predicted molar refractivity (Wildman–Crippen MR) is 135 cm³/mol. The van der Waals surface area contributed by atoms with Crippen molar-refractivity contribution in [1.29, 1.82) is 0 Å². The monoisotopic (exact) mass is 512 g/mol. The van der Waals surface area contributed by atoms with Gasteiger partial charge in [0.05, 0.1) is 6.61 Å². The molecule has 5 rings (SSSR count). The largest absolute Gasteiger partial charge is 0.395 e. The van der Waals surface area contributed by atoms with Crippen molar-refractivity contribution in [3.63, 3.8) is 0 Å². The fourth-order valence-electron chi connectivity index (χ4n) is 5.91. The third-order valence-corrected chi connectivity index (χ3v) is 10.6. The minimum absolute atomic E-state index is 0.000769. The second-order valence-electron chi connectivity index (χ2n) is 10.3. The Morgan fingerprint density at radius 1 is 1.03 bits per heavy atom. The van der Waals surface area contributed by atoms with Gasteiger partial charge in [-0.05, 0) is 62.6 Å². The molecule has 1 saturated carbocycles. The van der Waals surface area contributed by atoms with E-state index in [4.69, 9.17) is 0 Å². The molecule has 1 aliphatic heterocycles. The summed E-state index contributed by atoms with van der Waals surface area (Å²) >= 11 is 0. The molecule has 1 N–H and O–H groups in total. The molecular weight excluding hydrogens is 479 g/mol. The van der Waals surface area contributed by atoms with Crippen molar-refractivity contribution in [3.05, 3.63) is 83.7 Å². The molecule has 0 spiro atoms. The van der Waals surface area contributed by atoms with Crippen LogP contribution in [0.15, 0.2) is 61.2 Å². The van der Waals surface area contributed by atoms with Crippen molar-refractivity contribution in [3.8, 4) is 0 Å². The van der Waals surface area contributed by atoms with Crippen LogP contribution in [0.4, 0.5) is 4.39 Å². The van der Waals surface area contributed by atoms with Gasteiger partial charge < -0.3 is 9.67 Å². The van der Waals surface area contributed by atoms with Crippen molar-refractivity contribution in [1.82, 2.24) is 19.1 Å². The average molecular weight is 513 g/mol. The summed E-state index contributed by atoms with van der Waals surface area (Å²) < 4.78 is 46.0. The van der Waals surface area contributed by atoms with E-state index >= 15 is 4.39 Å². The van der Waals surface area contributed by atoms with Crippen LogP contribution < -0.4 is 0 Å². The first-order chi connectivity index (χ1) is 17.3. The molecule has 9 heteroatoms. The third-order valence-electron chi connectivity index (χ3n) is 8.26. The standard InChI is InChI=1S/C27H33FN4O3S/c1-20-7-10-26(21-5-3-2-4-6-21)36(34,35)32(20)16-22-8-9-23(15-25(22)28)27(17-33)13-11-24(12-14-27)31-18-29-30-19-31/h2-6,8-9,15,18-20,24,26,33H,7,10-14,16-17H2,1H3/t20-,24-,26+,27-/m0/s1. The molecule has 7 nitrogen and oxygen atoms in total. The van der Waals surface area contributed by atoms with E-state index in [1.54, 1.807) is 18.7 Å². The Morgan fingerprint density at radius 2 is 1.72 bits per heavy atom. The average Bonchev–Trinajstić information content (AvgIpc) is 3.43. The number of hydrogen-bond acceptors (Lipinski definition) is 5. The maximum Gasteiger partial charge on any atom is 0.221 e. The van der Waals surface area contributed by atoms with Crippen LogP contribution in [0.2, 0.25) is 0 Å². The summed E-state index contributed by atoms with van der Waals surface area (Å²) in [6.45, 7) is 1.83. The molecule has 1 aliphatic carbocycles. The summed E-state index contributed by atoms with van der Waals surface area (Å²) in [5, 5.41) is 17.5. The summed E-state index contributed by atoms with van der Waals surface area (Å²) in [4.78, 5) is 0. The normalized spacial score (nSPS) is 28.7. The van der Waals surface area contributed by atoms with Crippen molar-refractivity contribution in [2.24, 2.45) is 0 Å². The Hall–Kier alpha value is -2.62. The Balaban J connectivity index is 1.35. The summed E-state index contributed by atoms with van der Waals surface area (Å²) in [6.07, 6.45) is 7.83. The molecule has 2 aliphatic rings. The van der Waals surface area contributed by atoms with Crippen molar-refractivity contribution < 1.29 is 17.9 Å². The molecule has 2 fully saturated rings. The van der Waals surface area contributed by atoms with Gasteiger partial charge in [0.1, 0.15) is 23.7 Å². The van der Waals surface area contributed by atoms with E-state index in [1.165, 1.54) is 10.4 Å². The first-order valence-corrected chi connectivity index (χ1v) is 14.1. The summed E-state index contributed by atoms with van der Waals surface area (Å²) in [5.74, 6) is -0.425. The van der Waals surface area contributed by atoms with E-state index in [2.05, 4.69) is 10.2 Å². The van der Waals surface area contributed by atoms with E-state index in [1.807, 2.05) is 47.9 Å². The molecule has 0 amide bonds. The molecule has 2 heterocycles. The van der Waals surface area contributed by atoms with Gasteiger partial charge in [-0.25, -0.2) is 12.8 Å². The lowest BCUT2D eigenvalue weighted by Crippen LogP contribution is -2.44. The van der Waals surface area contributed by atoms with Crippen LogP contribution in [0.1, 0.15) is 73.4 Å². The first kappa shape index (κ1) is 25.0. The summed E-state index contributed by atoms with van der Waals surface area (Å²) in [7, 11) is -3.64. The van der Waals surface area contributed by atoms with E-state index < -0.39 is 26.5 Å². The van der Waals surface area contributed by atoms with E-state index in [0.717, 1.165) is 43.2 Å². The van der Waals surface area contributed by atoms with Crippen LogP contribution in [0, 0.1) is 5.82 Å². The van der Waals surface area contributed by atoms with Gasteiger partial charge in [-0.15, -0.1) is 10.2 Å². The van der Waals surface area contributed by atoms with Gasteiger partial charge in [0.25, 0.3) is 0 Å². The van der Waals surface area contributed by atoms with Gasteiger partial charge in [0.2, 0.25) is 10.0 Å². The Bertz CT molecular complexity index is 1280. The van der Waals surface area contributed by atoms with Gasteiger partial charge in [-0.1, -0.05) is 42.5 Å². The van der Waals surface area contributed by atoms with Crippen LogP contribution in [0.5, 0.6) is 0 Å². The fourth-order valence-corrected chi connectivity index (χ4v) is 8.10. The fraction of sp³-hybridized carbons (Fsp3) is 0.481. The molecule has 1 saturated heterocycles. The minimum atomic E-state index is -3.64.